The second-order valence-electron chi connectivity index (χ2n) is 6.22. The Morgan fingerprint density at radius 2 is 2.00 bits per heavy atom. The summed E-state index contributed by atoms with van der Waals surface area (Å²) >= 11 is 7.55. The Kier molecular flexibility index (Phi) is 5.21. The van der Waals surface area contributed by atoms with Crippen molar-refractivity contribution < 1.29 is 14.3 Å². The summed E-state index contributed by atoms with van der Waals surface area (Å²) < 4.78 is 7.92. The number of carbonyl (C=O) groups is 2. The molecule has 1 aromatic carbocycles. The monoisotopic (exact) mass is 423 g/mol. The van der Waals surface area contributed by atoms with Gasteiger partial charge in [-0.25, -0.2) is 0 Å². The van der Waals surface area contributed by atoms with E-state index in [4.69, 9.17) is 16.3 Å². The average molecular weight is 424 g/mol. The number of nitriles is 1. The van der Waals surface area contributed by atoms with Crippen LogP contribution in [0.5, 0.6) is 0 Å². The van der Waals surface area contributed by atoms with Crippen molar-refractivity contribution >= 4 is 50.4 Å². The number of hydrogen-bond donors (Lipinski definition) is 1. The number of hydrogen-bond acceptors (Lipinski definition) is 5. The van der Waals surface area contributed by atoms with E-state index in [1.807, 2.05) is 48.7 Å². The van der Waals surface area contributed by atoms with Gasteiger partial charge < -0.3 is 14.5 Å². The third kappa shape index (κ3) is 3.68. The molecule has 1 amide bonds. The predicted molar refractivity (Wildman–Crippen MR) is 111 cm³/mol. The fourth-order valence-electron chi connectivity index (χ4n) is 3.02. The quantitative estimate of drug-likeness (QED) is 0.489. The zero-order valence-corrected chi connectivity index (χ0v) is 16.6. The van der Waals surface area contributed by atoms with Crippen LogP contribution in [-0.4, -0.2) is 22.8 Å². The highest BCUT2D eigenvalue weighted by atomic mass is 35.5. The number of aromatic nitrogens is 1. The number of benzene rings is 1. The molecule has 0 saturated carbocycles. The lowest BCUT2D eigenvalue weighted by Gasteiger charge is -2.05. The Labute approximate surface area is 174 Å². The van der Waals surface area contributed by atoms with Crippen LogP contribution in [0.25, 0.3) is 15.6 Å². The summed E-state index contributed by atoms with van der Waals surface area (Å²) in [5, 5.41) is 13.1. The summed E-state index contributed by atoms with van der Waals surface area (Å²) in [5.74, 6) is -1.03. The van der Waals surface area contributed by atoms with Crippen molar-refractivity contribution in [2.24, 2.45) is 0 Å². The molecule has 4 aromatic rings. The maximum Gasteiger partial charge on any atom is 0.325 e. The van der Waals surface area contributed by atoms with E-state index in [9.17, 15) is 14.9 Å². The van der Waals surface area contributed by atoms with E-state index in [1.165, 1.54) is 11.3 Å². The minimum absolute atomic E-state index is 0.0527. The lowest BCUT2D eigenvalue weighted by molar-refractivity contribution is -0.143. The minimum Gasteiger partial charge on any atom is -0.459 e. The van der Waals surface area contributed by atoms with Gasteiger partial charge in [0.2, 0.25) is 0 Å². The Hall–Kier alpha value is -3.34. The number of halogens is 1. The van der Waals surface area contributed by atoms with Crippen LogP contribution >= 0.6 is 22.9 Å². The van der Waals surface area contributed by atoms with E-state index >= 15 is 0 Å². The molecular formula is C21H14ClN3O3S. The number of ether oxygens (including phenoxy) is 1. The number of carbonyl (C=O) groups excluding carboxylic acids is 2. The molecule has 6 nitrogen and oxygen atoms in total. The standard InChI is InChI=1S/C21H14ClN3O3S/c22-19-14-5-1-2-7-17(14)29-20(19)21(27)24-10-18(26)28-12-13-11-25-8-4-3-6-16(25)15(13)9-23/h1-8,11H,10,12H2,(H,24,27). The molecule has 29 heavy (non-hydrogen) atoms. The van der Waals surface area contributed by atoms with E-state index in [1.54, 1.807) is 10.6 Å². The molecule has 0 spiro atoms. The van der Waals surface area contributed by atoms with Gasteiger partial charge in [-0.05, 0) is 18.2 Å². The number of rotatable bonds is 5. The highest BCUT2D eigenvalue weighted by Crippen LogP contribution is 2.34. The number of thiophene rings is 1. The first-order valence-electron chi connectivity index (χ1n) is 8.68. The number of nitrogens with zero attached hydrogens (tertiary/aromatic N) is 2. The Bertz CT molecular complexity index is 1290. The van der Waals surface area contributed by atoms with Crippen molar-refractivity contribution in [1.82, 2.24) is 9.72 Å². The zero-order chi connectivity index (χ0) is 20.4. The zero-order valence-electron chi connectivity index (χ0n) is 15.0. The van der Waals surface area contributed by atoms with Gasteiger partial charge in [0.25, 0.3) is 5.91 Å². The third-order valence-corrected chi connectivity index (χ3v) is 6.07. The van der Waals surface area contributed by atoms with Gasteiger partial charge in [-0.2, -0.15) is 5.26 Å². The molecule has 0 radical (unpaired) electrons. The molecule has 4 rings (SSSR count). The van der Waals surface area contributed by atoms with E-state index in [0.29, 0.717) is 21.0 Å². The molecular weight excluding hydrogens is 410 g/mol. The Morgan fingerprint density at radius 1 is 1.21 bits per heavy atom. The smallest absolute Gasteiger partial charge is 0.325 e. The van der Waals surface area contributed by atoms with Crippen molar-refractivity contribution in [3.63, 3.8) is 0 Å². The molecule has 0 unspecified atom stereocenters. The van der Waals surface area contributed by atoms with Crippen LogP contribution in [-0.2, 0) is 16.1 Å². The SMILES string of the molecule is N#Cc1c(COC(=O)CNC(=O)c2sc3ccccc3c2Cl)cn2ccccc12. The first-order chi connectivity index (χ1) is 14.1. The van der Waals surface area contributed by atoms with Crippen LogP contribution in [0.2, 0.25) is 5.02 Å². The summed E-state index contributed by atoms with van der Waals surface area (Å²) in [6.45, 7) is -0.346. The van der Waals surface area contributed by atoms with Gasteiger partial charge in [0.15, 0.2) is 0 Å². The van der Waals surface area contributed by atoms with E-state index < -0.39 is 11.9 Å². The summed E-state index contributed by atoms with van der Waals surface area (Å²) in [6.07, 6.45) is 3.56. The van der Waals surface area contributed by atoms with Crippen molar-refractivity contribution in [3.8, 4) is 6.07 Å². The fraction of sp³-hybridized carbons (Fsp3) is 0.0952. The van der Waals surface area contributed by atoms with Crippen LogP contribution in [0.3, 0.4) is 0 Å². The van der Waals surface area contributed by atoms with Crippen LogP contribution in [0.15, 0.2) is 54.9 Å². The fourth-order valence-corrected chi connectivity index (χ4v) is 4.45. The molecule has 0 fully saturated rings. The first-order valence-corrected chi connectivity index (χ1v) is 9.87. The minimum atomic E-state index is -0.602. The topological polar surface area (TPSA) is 83.6 Å². The van der Waals surface area contributed by atoms with Gasteiger partial charge in [0, 0.05) is 28.0 Å². The van der Waals surface area contributed by atoms with E-state index in [2.05, 4.69) is 11.4 Å². The van der Waals surface area contributed by atoms with E-state index in [-0.39, 0.29) is 13.2 Å². The molecule has 0 aliphatic heterocycles. The van der Waals surface area contributed by atoms with Crippen LogP contribution in [0.4, 0.5) is 0 Å². The average Bonchev–Trinajstić information content (AvgIpc) is 3.28. The van der Waals surface area contributed by atoms with Crippen LogP contribution in [0, 0.1) is 11.3 Å². The third-order valence-electron chi connectivity index (χ3n) is 4.40. The lowest BCUT2D eigenvalue weighted by atomic mass is 10.2. The molecule has 3 heterocycles. The molecule has 3 aromatic heterocycles. The maximum atomic E-state index is 12.4. The van der Waals surface area contributed by atoms with Crippen LogP contribution in [0.1, 0.15) is 20.8 Å². The van der Waals surface area contributed by atoms with Crippen molar-refractivity contribution in [3.05, 3.63) is 75.9 Å². The van der Waals surface area contributed by atoms with Gasteiger partial charge in [-0.15, -0.1) is 11.3 Å². The van der Waals surface area contributed by atoms with Gasteiger partial charge in [-0.1, -0.05) is 35.9 Å². The van der Waals surface area contributed by atoms with Gasteiger partial charge in [-0.3, -0.25) is 9.59 Å². The number of pyridine rings is 1. The predicted octanol–water partition coefficient (Wildman–Crippen LogP) is 4.15. The number of esters is 1. The molecule has 0 saturated heterocycles. The number of amides is 1. The van der Waals surface area contributed by atoms with Gasteiger partial charge in [0.05, 0.1) is 16.1 Å². The Balaban J connectivity index is 1.38. The molecule has 0 atom stereocenters. The molecule has 1 N–H and O–H groups in total. The second-order valence-corrected chi connectivity index (χ2v) is 7.65. The summed E-state index contributed by atoms with van der Waals surface area (Å²) in [4.78, 5) is 24.8. The highest BCUT2D eigenvalue weighted by molar-refractivity contribution is 7.21. The molecule has 144 valence electrons. The van der Waals surface area contributed by atoms with Crippen LogP contribution < -0.4 is 5.32 Å². The van der Waals surface area contributed by atoms with Crippen molar-refractivity contribution in [1.29, 1.82) is 5.26 Å². The Morgan fingerprint density at radius 3 is 2.79 bits per heavy atom. The van der Waals surface area contributed by atoms with Gasteiger partial charge in [0.1, 0.15) is 24.1 Å². The highest BCUT2D eigenvalue weighted by Gasteiger charge is 2.18. The van der Waals surface area contributed by atoms with Crippen molar-refractivity contribution in [2.45, 2.75) is 6.61 Å². The largest absolute Gasteiger partial charge is 0.459 e. The number of fused-ring (bicyclic) bond motifs is 2. The maximum absolute atomic E-state index is 12.4. The van der Waals surface area contributed by atoms with Crippen molar-refractivity contribution in [2.75, 3.05) is 6.54 Å². The molecule has 0 aliphatic carbocycles. The second kappa shape index (κ2) is 7.95. The van der Waals surface area contributed by atoms with E-state index in [0.717, 1.165) is 15.6 Å². The lowest BCUT2D eigenvalue weighted by Crippen LogP contribution is -2.30. The number of nitrogens with one attached hydrogen (secondary N) is 1. The van der Waals surface area contributed by atoms with Gasteiger partial charge >= 0.3 is 5.97 Å². The normalized spacial score (nSPS) is 10.8. The molecule has 0 bridgehead atoms. The summed E-state index contributed by atoms with van der Waals surface area (Å²) in [7, 11) is 0. The summed E-state index contributed by atoms with van der Waals surface area (Å²) in [5.41, 5.74) is 1.80. The summed E-state index contributed by atoms with van der Waals surface area (Å²) in [6, 6.07) is 15.1. The molecule has 8 heteroatoms. The molecule has 0 aliphatic rings. The first kappa shape index (κ1) is 19.0.